The van der Waals surface area contributed by atoms with Crippen molar-refractivity contribution in [3.05, 3.63) is 6.20 Å². The zero-order valence-electron chi connectivity index (χ0n) is 4.38. The Morgan fingerprint density at radius 2 is 2.62 bits per heavy atom. The lowest BCUT2D eigenvalue weighted by Crippen LogP contribution is -1.79. The maximum absolute atomic E-state index is 4.77. The van der Waals surface area contributed by atoms with Gasteiger partial charge in [0.05, 0.1) is 13.3 Å². The topological polar surface area (TPSA) is 37.9 Å². The van der Waals surface area contributed by atoms with Gasteiger partial charge in [-0.05, 0) is 0 Å². The minimum atomic E-state index is 0.571. The van der Waals surface area contributed by atoms with Crippen LogP contribution in [0.3, 0.4) is 0 Å². The van der Waals surface area contributed by atoms with Gasteiger partial charge in [0.2, 0.25) is 5.88 Å². The molecule has 0 aliphatic rings. The highest BCUT2D eigenvalue weighted by atomic mass is 32.1. The van der Waals surface area contributed by atoms with Crippen LogP contribution in [0.1, 0.15) is 0 Å². The first-order valence-electron chi connectivity index (χ1n) is 2.11. The van der Waals surface area contributed by atoms with E-state index in [1.165, 1.54) is 0 Å². The van der Waals surface area contributed by atoms with Crippen LogP contribution in [0.5, 0.6) is 5.88 Å². The van der Waals surface area contributed by atoms with Gasteiger partial charge in [-0.25, -0.2) is 4.98 Å². The lowest BCUT2D eigenvalue weighted by molar-refractivity contribution is 0.398. The van der Waals surface area contributed by atoms with E-state index < -0.39 is 0 Å². The number of thiol groups is 1. The fourth-order valence-corrected chi connectivity index (χ4v) is 0.566. The van der Waals surface area contributed by atoms with Gasteiger partial charge in [0.25, 0.3) is 0 Å². The number of nitrogens with zero attached hydrogens (tertiary/aromatic N) is 1. The molecule has 0 saturated carbocycles. The zero-order valence-corrected chi connectivity index (χ0v) is 5.27. The number of hydrogen-bond acceptors (Lipinski definition) is 3. The number of imidazole rings is 1. The minimum Gasteiger partial charge on any atom is -0.481 e. The zero-order chi connectivity index (χ0) is 5.98. The monoisotopic (exact) mass is 130 g/mol. The van der Waals surface area contributed by atoms with Crippen molar-refractivity contribution in [1.82, 2.24) is 9.97 Å². The molecule has 0 unspecified atom stereocenters. The van der Waals surface area contributed by atoms with E-state index in [1.807, 2.05) is 0 Å². The van der Waals surface area contributed by atoms with E-state index in [1.54, 1.807) is 13.3 Å². The first kappa shape index (κ1) is 5.50. The molecule has 1 aromatic heterocycles. The molecule has 1 aromatic rings. The van der Waals surface area contributed by atoms with Crippen molar-refractivity contribution in [1.29, 1.82) is 0 Å². The molecule has 0 fully saturated rings. The van der Waals surface area contributed by atoms with E-state index in [4.69, 9.17) is 4.74 Å². The molecule has 0 aliphatic heterocycles. The Hall–Kier alpha value is -0.640. The van der Waals surface area contributed by atoms with Crippen molar-refractivity contribution < 1.29 is 4.74 Å². The van der Waals surface area contributed by atoms with Gasteiger partial charge in [-0.2, -0.15) is 0 Å². The molecular formula is C4H6N2OS. The predicted molar refractivity (Wildman–Crippen MR) is 32.4 cm³/mol. The van der Waals surface area contributed by atoms with Crippen molar-refractivity contribution in [2.45, 2.75) is 5.16 Å². The molecule has 0 amide bonds. The molecule has 0 bridgehead atoms. The second-order valence-corrected chi connectivity index (χ2v) is 1.70. The Balaban J connectivity index is 2.84. The average molecular weight is 130 g/mol. The third-order valence-electron chi connectivity index (χ3n) is 0.759. The number of methoxy groups -OCH3 is 1. The fourth-order valence-electron chi connectivity index (χ4n) is 0.398. The number of aromatic amines is 1. The van der Waals surface area contributed by atoms with E-state index in [9.17, 15) is 0 Å². The summed E-state index contributed by atoms with van der Waals surface area (Å²) in [7, 11) is 1.57. The molecule has 0 spiro atoms. The Labute approximate surface area is 52.5 Å². The smallest absolute Gasteiger partial charge is 0.211 e. The summed E-state index contributed by atoms with van der Waals surface area (Å²) >= 11 is 3.91. The summed E-state index contributed by atoms with van der Waals surface area (Å²) in [5.74, 6) is 0.634. The van der Waals surface area contributed by atoms with Gasteiger partial charge < -0.3 is 9.72 Å². The Kier molecular flexibility index (Phi) is 1.43. The van der Waals surface area contributed by atoms with Crippen LogP contribution in [0.2, 0.25) is 0 Å². The quantitative estimate of drug-likeness (QED) is 0.549. The third kappa shape index (κ3) is 0.949. The Morgan fingerprint density at radius 3 is 2.88 bits per heavy atom. The van der Waals surface area contributed by atoms with Gasteiger partial charge in [0.1, 0.15) is 0 Å². The number of nitrogens with one attached hydrogen (secondary N) is 1. The molecule has 0 aromatic carbocycles. The maximum Gasteiger partial charge on any atom is 0.211 e. The van der Waals surface area contributed by atoms with Crippen LogP contribution >= 0.6 is 12.6 Å². The second-order valence-electron chi connectivity index (χ2n) is 1.28. The van der Waals surface area contributed by atoms with Crippen molar-refractivity contribution in [2.24, 2.45) is 0 Å². The summed E-state index contributed by atoms with van der Waals surface area (Å²) in [5.41, 5.74) is 0. The van der Waals surface area contributed by atoms with Gasteiger partial charge in [-0.1, -0.05) is 0 Å². The summed E-state index contributed by atoms with van der Waals surface area (Å²) in [6, 6.07) is 0. The van der Waals surface area contributed by atoms with Crippen LogP contribution in [0.25, 0.3) is 0 Å². The highest BCUT2D eigenvalue weighted by molar-refractivity contribution is 7.80. The number of ether oxygens (including phenoxy) is 1. The summed E-state index contributed by atoms with van der Waals surface area (Å²) in [6.07, 6.45) is 1.57. The van der Waals surface area contributed by atoms with E-state index >= 15 is 0 Å². The largest absolute Gasteiger partial charge is 0.481 e. The normalized spacial score (nSPS) is 9.25. The molecule has 0 saturated heterocycles. The fraction of sp³-hybridized carbons (Fsp3) is 0.250. The molecule has 0 aliphatic carbocycles. The number of aromatic nitrogens is 2. The standard InChI is InChI=1S/C4H6N2OS/c1-7-3-2-5-4(8)6-3/h2H,1H3,(H2,5,6,8). The first-order chi connectivity index (χ1) is 3.83. The lowest BCUT2D eigenvalue weighted by Gasteiger charge is -1.87. The summed E-state index contributed by atoms with van der Waals surface area (Å²) < 4.78 is 4.77. The predicted octanol–water partition coefficient (Wildman–Crippen LogP) is 0.707. The molecule has 3 nitrogen and oxygen atoms in total. The van der Waals surface area contributed by atoms with Crippen LogP contribution in [-0.4, -0.2) is 17.1 Å². The third-order valence-corrected chi connectivity index (χ3v) is 0.986. The molecule has 1 rings (SSSR count). The highest BCUT2D eigenvalue weighted by Crippen LogP contribution is 2.06. The van der Waals surface area contributed by atoms with Crippen LogP contribution in [0.15, 0.2) is 11.4 Å². The molecule has 4 heteroatoms. The summed E-state index contributed by atoms with van der Waals surface area (Å²) in [5, 5.41) is 0.571. The van der Waals surface area contributed by atoms with Crippen molar-refractivity contribution in [3.63, 3.8) is 0 Å². The Bertz CT molecular complexity index is 174. The molecule has 0 radical (unpaired) electrons. The van der Waals surface area contributed by atoms with Gasteiger partial charge in [-0.15, -0.1) is 12.6 Å². The minimum absolute atomic E-state index is 0.571. The van der Waals surface area contributed by atoms with Crippen molar-refractivity contribution in [3.8, 4) is 5.88 Å². The molecular weight excluding hydrogens is 124 g/mol. The van der Waals surface area contributed by atoms with E-state index in [-0.39, 0.29) is 0 Å². The van der Waals surface area contributed by atoms with Crippen LogP contribution in [0, 0.1) is 0 Å². The molecule has 1 N–H and O–H groups in total. The first-order valence-corrected chi connectivity index (χ1v) is 2.55. The van der Waals surface area contributed by atoms with Crippen molar-refractivity contribution in [2.75, 3.05) is 7.11 Å². The number of rotatable bonds is 1. The van der Waals surface area contributed by atoms with Crippen LogP contribution in [0.4, 0.5) is 0 Å². The molecule has 0 atom stereocenters. The van der Waals surface area contributed by atoms with Gasteiger partial charge >= 0.3 is 0 Å². The summed E-state index contributed by atoms with van der Waals surface area (Å²) in [6.45, 7) is 0. The van der Waals surface area contributed by atoms with Gasteiger partial charge in [0, 0.05) is 0 Å². The Morgan fingerprint density at radius 1 is 1.88 bits per heavy atom. The van der Waals surface area contributed by atoms with Crippen LogP contribution < -0.4 is 4.74 Å². The van der Waals surface area contributed by atoms with E-state index in [2.05, 4.69) is 22.6 Å². The maximum atomic E-state index is 4.77. The van der Waals surface area contributed by atoms with Crippen LogP contribution in [-0.2, 0) is 0 Å². The summed E-state index contributed by atoms with van der Waals surface area (Å²) in [4.78, 5) is 6.53. The SMILES string of the molecule is COc1cnc(S)[nH]1. The number of hydrogen-bond donors (Lipinski definition) is 2. The van der Waals surface area contributed by atoms with Gasteiger partial charge in [0.15, 0.2) is 5.16 Å². The highest BCUT2D eigenvalue weighted by Gasteiger charge is 1.91. The number of H-pyrrole nitrogens is 1. The van der Waals surface area contributed by atoms with Crippen molar-refractivity contribution >= 4 is 12.6 Å². The average Bonchev–Trinajstić information content (AvgIpc) is 2.14. The molecule has 8 heavy (non-hydrogen) atoms. The molecule has 1 heterocycles. The molecule has 44 valence electrons. The van der Waals surface area contributed by atoms with Gasteiger partial charge in [-0.3, -0.25) is 0 Å². The second kappa shape index (κ2) is 2.09. The van der Waals surface area contributed by atoms with E-state index in [0.29, 0.717) is 11.0 Å². The lowest BCUT2D eigenvalue weighted by atomic mass is 10.9. The van der Waals surface area contributed by atoms with E-state index in [0.717, 1.165) is 0 Å².